The zero-order valence-corrected chi connectivity index (χ0v) is 15.7. The maximum atomic E-state index is 12.3. The Morgan fingerprint density at radius 2 is 2.04 bits per heavy atom. The summed E-state index contributed by atoms with van der Waals surface area (Å²) in [5.74, 6) is 2.21. The fourth-order valence-corrected chi connectivity index (χ4v) is 3.38. The molecule has 1 aromatic heterocycles. The van der Waals surface area contributed by atoms with Crippen LogP contribution in [-0.2, 0) is 0 Å². The van der Waals surface area contributed by atoms with Gasteiger partial charge in [-0.2, -0.15) is 0 Å². The van der Waals surface area contributed by atoms with E-state index in [1.165, 1.54) is 7.11 Å². The second-order valence-corrected chi connectivity index (χ2v) is 6.84. The first-order chi connectivity index (χ1) is 13.1. The number of benzene rings is 2. The summed E-state index contributed by atoms with van der Waals surface area (Å²) in [6.07, 6.45) is 0. The minimum Gasteiger partial charge on any atom is -0.495 e. The number of ether oxygens (including phenoxy) is 3. The van der Waals surface area contributed by atoms with Gasteiger partial charge in [0.25, 0.3) is 5.22 Å². The Morgan fingerprint density at radius 3 is 2.85 bits per heavy atom. The first-order valence-electron chi connectivity index (χ1n) is 7.87. The van der Waals surface area contributed by atoms with Gasteiger partial charge in [0, 0.05) is 11.1 Å². The van der Waals surface area contributed by atoms with E-state index < -0.39 is 0 Å². The number of aromatic nitrogens is 2. The highest BCUT2D eigenvalue weighted by Crippen LogP contribution is 2.36. The number of nitrogens with zero attached hydrogens (tertiary/aromatic N) is 2. The molecule has 1 aliphatic heterocycles. The standard InChI is InChI=1S/C18H13ClN2O5S/c1-23-14-4-2-10(6-12(14)19)13(22)8-27-18-21-20-17(26-18)11-3-5-15-16(7-11)25-9-24-15/h2-7H,8-9H2,1H3. The molecule has 3 aromatic rings. The summed E-state index contributed by atoms with van der Waals surface area (Å²) in [6, 6.07) is 10.3. The van der Waals surface area contributed by atoms with E-state index in [-0.39, 0.29) is 18.3 Å². The topological polar surface area (TPSA) is 83.7 Å². The number of rotatable bonds is 6. The van der Waals surface area contributed by atoms with Crippen LogP contribution in [0.3, 0.4) is 0 Å². The van der Waals surface area contributed by atoms with E-state index in [4.69, 9.17) is 30.2 Å². The zero-order valence-electron chi connectivity index (χ0n) is 14.1. The molecule has 0 N–H and O–H groups in total. The monoisotopic (exact) mass is 404 g/mol. The molecular formula is C18H13ClN2O5S. The maximum absolute atomic E-state index is 12.3. The Morgan fingerprint density at radius 1 is 1.19 bits per heavy atom. The molecule has 9 heteroatoms. The lowest BCUT2D eigenvalue weighted by molar-refractivity contribution is 0.102. The second-order valence-electron chi connectivity index (χ2n) is 5.50. The van der Waals surface area contributed by atoms with Crippen LogP contribution >= 0.6 is 23.4 Å². The summed E-state index contributed by atoms with van der Waals surface area (Å²) in [4.78, 5) is 12.3. The second kappa shape index (κ2) is 7.50. The van der Waals surface area contributed by atoms with E-state index in [9.17, 15) is 4.79 Å². The van der Waals surface area contributed by atoms with Crippen LogP contribution in [0.5, 0.6) is 17.2 Å². The van der Waals surface area contributed by atoms with Crippen molar-refractivity contribution in [2.24, 2.45) is 0 Å². The average molecular weight is 405 g/mol. The van der Waals surface area contributed by atoms with Gasteiger partial charge in [-0.25, -0.2) is 0 Å². The molecule has 138 valence electrons. The zero-order chi connectivity index (χ0) is 18.8. The molecule has 0 radical (unpaired) electrons. The first kappa shape index (κ1) is 17.7. The van der Waals surface area contributed by atoms with Crippen molar-refractivity contribution in [3.05, 3.63) is 47.0 Å². The molecule has 1 aliphatic rings. The smallest absolute Gasteiger partial charge is 0.277 e. The summed E-state index contributed by atoms with van der Waals surface area (Å²) in [5.41, 5.74) is 1.20. The average Bonchev–Trinajstić information content (AvgIpc) is 3.34. The first-order valence-corrected chi connectivity index (χ1v) is 9.23. The van der Waals surface area contributed by atoms with Gasteiger partial charge < -0.3 is 18.6 Å². The van der Waals surface area contributed by atoms with Gasteiger partial charge in [-0.05, 0) is 36.4 Å². The number of hydrogen-bond acceptors (Lipinski definition) is 8. The molecule has 2 aromatic carbocycles. The Bertz CT molecular complexity index is 1010. The van der Waals surface area contributed by atoms with Crippen LogP contribution in [0.2, 0.25) is 5.02 Å². The van der Waals surface area contributed by atoms with Gasteiger partial charge in [0.1, 0.15) is 5.75 Å². The van der Waals surface area contributed by atoms with Gasteiger partial charge in [-0.1, -0.05) is 23.4 Å². The molecule has 0 saturated heterocycles. The van der Waals surface area contributed by atoms with Gasteiger partial charge in [-0.15, -0.1) is 10.2 Å². The van der Waals surface area contributed by atoms with Crippen LogP contribution in [0.15, 0.2) is 46.0 Å². The van der Waals surface area contributed by atoms with Crippen molar-refractivity contribution in [3.63, 3.8) is 0 Å². The summed E-state index contributed by atoms with van der Waals surface area (Å²) in [7, 11) is 1.52. The third-order valence-electron chi connectivity index (χ3n) is 3.83. The predicted octanol–water partition coefficient (Wildman–Crippen LogP) is 4.10. The third-order valence-corrected chi connectivity index (χ3v) is 4.94. The Balaban J connectivity index is 1.42. The minimum absolute atomic E-state index is 0.104. The molecule has 0 unspecified atom stereocenters. The number of fused-ring (bicyclic) bond motifs is 1. The molecule has 0 aliphatic carbocycles. The van der Waals surface area contributed by atoms with E-state index in [1.54, 1.807) is 36.4 Å². The van der Waals surface area contributed by atoms with Gasteiger partial charge in [0.05, 0.1) is 17.9 Å². The molecular weight excluding hydrogens is 392 g/mol. The van der Waals surface area contributed by atoms with Crippen molar-refractivity contribution in [2.45, 2.75) is 5.22 Å². The highest BCUT2D eigenvalue weighted by Gasteiger charge is 2.17. The van der Waals surface area contributed by atoms with Gasteiger partial charge >= 0.3 is 0 Å². The van der Waals surface area contributed by atoms with E-state index in [0.29, 0.717) is 44.5 Å². The molecule has 27 heavy (non-hydrogen) atoms. The highest BCUT2D eigenvalue weighted by molar-refractivity contribution is 7.99. The number of thioether (sulfide) groups is 1. The van der Waals surface area contributed by atoms with E-state index in [1.807, 2.05) is 0 Å². The van der Waals surface area contributed by atoms with Crippen LogP contribution in [-0.4, -0.2) is 35.6 Å². The van der Waals surface area contributed by atoms with Gasteiger partial charge in [0.2, 0.25) is 12.7 Å². The molecule has 0 saturated carbocycles. The Labute approximate surface area is 163 Å². The lowest BCUT2D eigenvalue weighted by atomic mass is 10.1. The Hall–Kier alpha value is -2.71. The third kappa shape index (κ3) is 3.72. The molecule has 0 spiro atoms. The van der Waals surface area contributed by atoms with Crippen LogP contribution in [0, 0.1) is 0 Å². The van der Waals surface area contributed by atoms with Crippen molar-refractivity contribution < 1.29 is 23.4 Å². The van der Waals surface area contributed by atoms with Crippen molar-refractivity contribution in [2.75, 3.05) is 19.7 Å². The van der Waals surface area contributed by atoms with Crippen molar-refractivity contribution in [1.29, 1.82) is 0 Å². The lowest BCUT2D eigenvalue weighted by Gasteiger charge is -2.04. The largest absolute Gasteiger partial charge is 0.495 e. The van der Waals surface area contributed by atoms with Crippen LogP contribution in [0.4, 0.5) is 0 Å². The normalized spacial score (nSPS) is 12.2. The van der Waals surface area contributed by atoms with Crippen molar-refractivity contribution >= 4 is 29.1 Å². The van der Waals surface area contributed by atoms with Crippen LogP contribution in [0.25, 0.3) is 11.5 Å². The number of hydrogen-bond donors (Lipinski definition) is 0. The molecule has 2 heterocycles. The van der Waals surface area contributed by atoms with E-state index in [2.05, 4.69) is 10.2 Å². The van der Waals surface area contributed by atoms with E-state index in [0.717, 1.165) is 11.8 Å². The lowest BCUT2D eigenvalue weighted by Crippen LogP contribution is -2.02. The fraction of sp³-hybridized carbons (Fsp3) is 0.167. The van der Waals surface area contributed by atoms with E-state index >= 15 is 0 Å². The number of carbonyl (C=O) groups is 1. The molecule has 0 atom stereocenters. The van der Waals surface area contributed by atoms with Crippen molar-refractivity contribution in [3.8, 4) is 28.7 Å². The number of methoxy groups -OCH3 is 1. The molecule has 0 bridgehead atoms. The molecule has 0 fully saturated rings. The fourth-order valence-electron chi connectivity index (χ4n) is 2.46. The van der Waals surface area contributed by atoms with Crippen molar-refractivity contribution in [1.82, 2.24) is 10.2 Å². The quantitative estimate of drug-likeness (QED) is 0.448. The summed E-state index contributed by atoms with van der Waals surface area (Å²) < 4.78 is 21.3. The Kier molecular flexibility index (Phi) is 4.91. The molecule has 0 amide bonds. The van der Waals surface area contributed by atoms with Crippen LogP contribution in [0.1, 0.15) is 10.4 Å². The number of ketones is 1. The number of Topliss-reactive ketones (excluding diaryl/α,β-unsaturated/α-hetero) is 1. The summed E-state index contributed by atoms with van der Waals surface area (Å²) >= 11 is 7.22. The maximum Gasteiger partial charge on any atom is 0.277 e. The minimum atomic E-state index is -0.104. The van der Waals surface area contributed by atoms with Gasteiger partial charge in [0.15, 0.2) is 17.3 Å². The highest BCUT2D eigenvalue weighted by atomic mass is 35.5. The SMILES string of the molecule is COc1ccc(C(=O)CSc2nnc(-c3ccc4c(c3)OCO4)o2)cc1Cl. The number of carbonyl (C=O) groups excluding carboxylic acids is 1. The van der Waals surface area contributed by atoms with Gasteiger partial charge in [-0.3, -0.25) is 4.79 Å². The number of halogens is 1. The predicted molar refractivity (Wildman–Crippen MR) is 98.9 cm³/mol. The van der Waals surface area contributed by atoms with Crippen LogP contribution < -0.4 is 14.2 Å². The molecule has 7 nitrogen and oxygen atoms in total. The molecule has 4 rings (SSSR count). The summed E-state index contributed by atoms with van der Waals surface area (Å²) in [5, 5.41) is 8.68. The summed E-state index contributed by atoms with van der Waals surface area (Å²) in [6.45, 7) is 0.196.